The lowest BCUT2D eigenvalue weighted by Gasteiger charge is -2.22. The molecule has 0 aromatic heterocycles. The van der Waals surface area contributed by atoms with Gasteiger partial charge >= 0.3 is 0 Å². The molecule has 0 amide bonds. The molecular formula is C17H20BrNO2. The van der Waals surface area contributed by atoms with E-state index in [-0.39, 0.29) is 0 Å². The second-order valence-corrected chi connectivity index (χ2v) is 5.95. The summed E-state index contributed by atoms with van der Waals surface area (Å²) in [6, 6.07) is 14.0. The van der Waals surface area contributed by atoms with Gasteiger partial charge in [-0.1, -0.05) is 18.2 Å². The van der Waals surface area contributed by atoms with E-state index in [9.17, 15) is 5.11 Å². The molecule has 4 heteroatoms. The Labute approximate surface area is 134 Å². The van der Waals surface area contributed by atoms with Crippen LogP contribution in [0, 0.1) is 0 Å². The standard InChI is InChI=1S/C17H20BrNO2/c1-12(20)14-7-8-17(16(18)10-14)19(2)11-13-5-4-6-15(9-13)21-3/h4-10,12,20H,11H2,1-3H3/t12-/m0/s1. The summed E-state index contributed by atoms with van der Waals surface area (Å²) in [6.07, 6.45) is -0.459. The van der Waals surface area contributed by atoms with Gasteiger partial charge in [0, 0.05) is 18.1 Å². The number of aliphatic hydroxyl groups excluding tert-OH is 1. The second kappa shape index (κ2) is 6.96. The zero-order valence-corrected chi connectivity index (χ0v) is 14.1. The fourth-order valence-corrected chi connectivity index (χ4v) is 2.92. The average Bonchev–Trinajstić information content (AvgIpc) is 2.47. The zero-order valence-electron chi connectivity index (χ0n) is 12.5. The lowest BCUT2D eigenvalue weighted by Crippen LogP contribution is -2.17. The van der Waals surface area contributed by atoms with Crippen LogP contribution in [0.25, 0.3) is 0 Å². The molecule has 0 radical (unpaired) electrons. The van der Waals surface area contributed by atoms with Gasteiger partial charge in [-0.2, -0.15) is 0 Å². The minimum absolute atomic E-state index is 0.459. The maximum Gasteiger partial charge on any atom is 0.119 e. The summed E-state index contributed by atoms with van der Waals surface area (Å²) in [6.45, 7) is 2.55. The maximum atomic E-state index is 9.62. The maximum absolute atomic E-state index is 9.62. The normalized spacial score (nSPS) is 12.0. The molecule has 0 aliphatic heterocycles. The smallest absolute Gasteiger partial charge is 0.119 e. The third-order valence-electron chi connectivity index (χ3n) is 3.42. The summed E-state index contributed by atoms with van der Waals surface area (Å²) in [5.41, 5.74) is 3.17. The third kappa shape index (κ3) is 3.99. The van der Waals surface area contributed by atoms with Gasteiger partial charge in [-0.3, -0.25) is 0 Å². The molecule has 0 aliphatic rings. The molecule has 1 atom stereocenters. The first-order chi connectivity index (χ1) is 10.0. The Morgan fingerprint density at radius 2 is 2.00 bits per heavy atom. The summed E-state index contributed by atoms with van der Waals surface area (Å²) in [5, 5.41) is 9.62. The van der Waals surface area contributed by atoms with Gasteiger partial charge in [-0.25, -0.2) is 0 Å². The van der Waals surface area contributed by atoms with Crippen molar-refractivity contribution in [1.29, 1.82) is 0 Å². The van der Waals surface area contributed by atoms with Crippen LogP contribution in [-0.2, 0) is 6.54 Å². The van der Waals surface area contributed by atoms with Gasteiger partial charge in [0.25, 0.3) is 0 Å². The number of rotatable bonds is 5. The number of hydrogen-bond acceptors (Lipinski definition) is 3. The first kappa shape index (κ1) is 15.9. The minimum atomic E-state index is -0.459. The van der Waals surface area contributed by atoms with Crippen LogP contribution in [0.2, 0.25) is 0 Å². The first-order valence-electron chi connectivity index (χ1n) is 6.83. The molecule has 1 N–H and O–H groups in total. The van der Waals surface area contributed by atoms with Gasteiger partial charge in [0.05, 0.1) is 18.9 Å². The number of methoxy groups -OCH3 is 1. The Bertz CT molecular complexity index is 613. The molecule has 2 rings (SSSR count). The molecule has 2 aromatic carbocycles. The molecule has 0 spiro atoms. The number of benzene rings is 2. The molecule has 2 aromatic rings. The molecule has 0 unspecified atom stereocenters. The number of ether oxygens (including phenoxy) is 1. The molecule has 112 valence electrons. The zero-order chi connectivity index (χ0) is 15.4. The topological polar surface area (TPSA) is 32.7 Å². The van der Waals surface area contributed by atoms with Crippen LogP contribution in [0.3, 0.4) is 0 Å². The lowest BCUT2D eigenvalue weighted by atomic mass is 10.1. The van der Waals surface area contributed by atoms with Crippen molar-refractivity contribution in [1.82, 2.24) is 0 Å². The average molecular weight is 350 g/mol. The van der Waals surface area contributed by atoms with Gasteiger partial charge in [0.15, 0.2) is 0 Å². The van der Waals surface area contributed by atoms with Crippen molar-refractivity contribution in [2.75, 3.05) is 19.1 Å². The highest BCUT2D eigenvalue weighted by Gasteiger charge is 2.09. The van der Waals surface area contributed by atoms with E-state index in [4.69, 9.17) is 4.74 Å². The Hall–Kier alpha value is -1.52. The molecule has 0 fully saturated rings. The molecule has 0 saturated heterocycles. The van der Waals surface area contributed by atoms with Crippen LogP contribution >= 0.6 is 15.9 Å². The van der Waals surface area contributed by atoms with Crippen molar-refractivity contribution in [3.8, 4) is 5.75 Å². The molecular weight excluding hydrogens is 330 g/mol. The molecule has 3 nitrogen and oxygen atoms in total. The van der Waals surface area contributed by atoms with E-state index in [0.717, 1.165) is 28.0 Å². The van der Waals surface area contributed by atoms with Crippen LogP contribution in [0.5, 0.6) is 5.75 Å². The van der Waals surface area contributed by atoms with E-state index in [1.165, 1.54) is 5.56 Å². The number of aliphatic hydroxyl groups is 1. The van der Waals surface area contributed by atoms with Crippen LogP contribution in [0.15, 0.2) is 46.9 Å². The summed E-state index contributed by atoms with van der Waals surface area (Å²) in [4.78, 5) is 2.16. The third-order valence-corrected chi connectivity index (χ3v) is 4.05. The van der Waals surface area contributed by atoms with Crippen molar-refractivity contribution in [3.63, 3.8) is 0 Å². The highest BCUT2D eigenvalue weighted by molar-refractivity contribution is 9.10. The fourth-order valence-electron chi connectivity index (χ4n) is 2.22. The van der Waals surface area contributed by atoms with Crippen molar-refractivity contribution in [3.05, 3.63) is 58.1 Å². The largest absolute Gasteiger partial charge is 0.497 e. The predicted molar refractivity (Wildman–Crippen MR) is 89.9 cm³/mol. The second-order valence-electron chi connectivity index (χ2n) is 5.09. The van der Waals surface area contributed by atoms with E-state index < -0.39 is 6.10 Å². The van der Waals surface area contributed by atoms with Crippen LogP contribution in [0.1, 0.15) is 24.2 Å². The van der Waals surface area contributed by atoms with Crippen LogP contribution < -0.4 is 9.64 Å². The Balaban J connectivity index is 2.18. The van der Waals surface area contributed by atoms with Gasteiger partial charge in [0.2, 0.25) is 0 Å². The first-order valence-corrected chi connectivity index (χ1v) is 7.62. The number of nitrogens with zero attached hydrogens (tertiary/aromatic N) is 1. The van der Waals surface area contributed by atoms with E-state index in [1.54, 1.807) is 14.0 Å². The number of anilines is 1. The molecule has 0 aliphatic carbocycles. The Kier molecular flexibility index (Phi) is 5.26. The molecule has 21 heavy (non-hydrogen) atoms. The van der Waals surface area contributed by atoms with Crippen LogP contribution in [0.4, 0.5) is 5.69 Å². The monoisotopic (exact) mass is 349 g/mol. The Morgan fingerprint density at radius 3 is 2.62 bits per heavy atom. The SMILES string of the molecule is COc1cccc(CN(C)c2ccc([C@H](C)O)cc2Br)c1. The van der Waals surface area contributed by atoms with Gasteiger partial charge < -0.3 is 14.7 Å². The minimum Gasteiger partial charge on any atom is -0.497 e. The lowest BCUT2D eigenvalue weighted by molar-refractivity contribution is 0.199. The van der Waals surface area contributed by atoms with Crippen molar-refractivity contribution in [2.24, 2.45) is 0 Å². The summed E-state index contributed by atoms with van der Waals surface area (Å²) >= 11 is 3.58. The Morgan fingerprint density at radius 1 is 1.24 bits per heavy atom. The van der Waals surface area contributed by atoms with E-state index in [2.05, 4.69) is 26.9 Å². The predicted octanol–water partition coefficient (Wildman–Crippen LogP) is 4.15. The quantitative estimate of drug-likeness (QED) is 0.880. The van der Waals surface area contributed by atoms with Gasteiger partial charge in [-0.05, 0) is 58.2 Å². The number of halogens is 1. The van der Waals surface area contributed by atoms with Gasteiger partial charge in [-0.15, -0.1) is 0 Å². The van der Waals surface area contributed by atoms with Crippen molar-refractivity contribution in [2.45, 2.75) is 19.6 Å². The molecule has 0 saturated carbocycles. The van der Waals surface area contributed by atoms with Crippen LogP contribution in [-0.4, -0.2) is 19.3 Å². The number of hydrogen-bond donors (Lipinski definition) is 1. The van der Waals surface area contributed by atoms with Crippen molar-refractivity contribution < 1.29 is 9.84 Å². The highest BCUT2D eigenvalue weighted by Crippen LogP contribution is 2.30. The van der Waals surface area contributed by atoms with E-state index in [0.29, 0.717) is 0 Å². The van der Waals surface area contributed by atoms with E-state index in [1.807, 2.05) is 43.4 Å². The van der Waals surface area contributed by atoms with Crippen molar-refractivity contribution >= 4 is 21.6 Å². The fraction of sp³-hybridized carbons (Fsp3) is 0.294. The van der Waals surface area contributed by atoms with E-state index >= 15 is 0 Å². The van der Waals surface area contributed by atoms with Gasteiger partial charge in [0.1, 0.15) is 5.75 Å². The summed E-state index contributed by atoms with van der Waals surface area (Å²) < 4.78 is 6.23. The highest BCUT2D eigenvalue weighted by atomic mass is 79.9. The molecule has 0 bridgehead atoms. The summed E-state index contributed by atoms with van der Waals surface area (Å²) in [7, 11) is 3.72. The summed E-state index contributed by atoms with van der Waals surface area (Å²) in [5.74, 6) is 0.865. The molecule has 0 heterocycles.